The second kappa shape index (κ2) is 11.2. The van der Waals surface area contributed by atoms with Gasteiger partial charge in [0.25, 0.3) is 5.91 Å². The second-order valence-electron chi connectivity index (χ2n) is 7.05. The largest absolute Gasteiger partial charge is 0.493 e. The topological polar surface area (TPSA) is 86.2 Å². The third kappa shape index (κ3) is 5.92. The van der Waals surface area contributed by atoms with E-state index in [9.17, 15) is 9.59 Å². The van der Waals surface area contributed by atoms with Crippen molar-refractivity contribution >= 4 is 62.7 Å². The number of benzene rings is 3. The maximum atomic E-state index is 12.7. The van der Waals surface area contributed by atoms with Crippen LogP contribution in [-0.4, -0.2) is 31.8 Å². The number of esters is 1. The molecule has 0 atom stereocenters. The summed E-state index contributed by atoms with van der Waals surface area (Å²) in [6.07, 6.45) is 1.42. The van der Waals surface area contributed by atoms with E-state index in [1.165, 1.54) is 24.7 Å². The Balaban J connectivity index is 1.38. The van der Waals surface area contributed by atoms with Crippen LogP contribution in [0.25, 0.3) is 10.1 Å². The van der Waals surface area contributed by atoms with E-state index < -0.39 is 11.9 Å². The predicted molar refractivity (Wildman–Crippen MR) is 137 cm³/mol. The zero-order valence-electron chi connectivity index (χ0n) is 18.3. The summed E-state index contributed by atoms with van der Waals surface area (Å²) in [6, 6.07) is 19.2. The van der Waals surface area contributed by atoms with E-state index in [-0.39, 0.29) is 12.4 Å². The van der Waals surface area contributed by atoms with E-state index in [0.29, 0.717) is 32.0 Å². The van der Waals surface area contributed by atoms with Crippen molar-refractivity contribution in [3.63, 3.8) is 0 Å². The Kier molecular flexibility index (Phi) is 7.87. The molecule has 7 nitrogen and oxygen atoms in total. The van der Waals surface area contributed by atoms with Crippen LogP contribution in [0.15, 0.2) is 71.8 Å². The monoisotopic (exact) mass is 528 g/mol. The van der Waals surface area contributed by atoms with E-state index in [4.69, 9.17) is 37.4 Å². The molecule has 0 bridgehead atoms. The van der Waals surface area contributed by atoms with Crippen LogP contribution in [0.3, 0.4) is 0 Å². The van der Waals surface area contributed by atoms with E-state index in [2.05, 4.69) is 10.5 Å². The molecule has 0 aliphatic carbocycles. The summed E-state index contributed by atoms with van der Waals surface area (Å²) in [5.74, 6) is -0.103. The molecule has 0 radical (unpaired) electrons. The molecule has 35 heavy (non-hydrogen) atoms. The molecular weight excluding hydrogens is 511 g/mol. The van der Waals surface area contributed by atoms with Gasteiger partial charge in [0.2, 0.25) is 0 Å². The molecule has 0 saturated carbocycles. The van der Waals surface area contributed by atoms with Crippen molar-refractivity contribution in [2.75, 3.05) is 13.7 Å². The molecule has 3 aromatic carbocycles. The van der Waals surface area contributed by atoms with Gasteiger partial charge in [-0.15, -0.1) is 11.3 Å². The molecule has 0 fully saturated rings. The highest BCUT2D eigenvalue weighted by molar-refractivity contribution is 7.21. The fourth-order valence-electron chi connectivity index (χ4n) is 3.06. The number of hydrogen-bond acceptors (Lipinski definition) is 7. The number of nitrogens with one attached hydrogen (secondary N) is 1. The number of thiophene rings is 1. The van der Waals surface area contributed by atoms with Gasteiger partial charge in [0.05, 0.1) is 23.4 Å². The quantitative estimate of drug-likeness (QED) is 0.132. The number of hydrogen-bond donors (Lipinski definition) is 1. The summed E-state index contributed by atoms with van der Waals surface area (Å²) in [4.78, 5) is 25.0. The lowest BCUT2D eigenvalue weighted by atomic mass is 10.2. The smallest absolute Gasteiger partial charge is 0.355 e. The Hall–Kier alpha value is -3.59. The molecule has 178 valence electrons. The summed E-state index contributed by atoms with van der Waals surface area (Å²) in [6.45, 7) is -0.250. The number of carbonyl (C=O) groups is 2. The van der Waals surface area contributed by atoms with Gasteiger partial charge >= 0.3 is 5.97 Å². The van der Waals surface area contributed by atoms with E-state index in [0.717, 1.165) is 10.1 Å². The number of methoxy groups -OCH3 is 1. The summed E-state index contributed by atoms with van der Waals surface area (Å²) in [7, 11) is 1.45. The molecule has 4 rings (SSSR count). The van der Waals surface area contributed by atoms with Crippen LogP contribution in [0.5, 0.6) is 17.2 Å². The Morgan fingerprint density at radius 3 is 2.54 bits per heavy atom. The van der Waals surface area contributed by atoms with E-state index in [1.807, 2.05) is 24.3 Å². The number of halogens is 2. The fourth-order valence-corrected chi connectivity index (χ4v) is 4.63. The van der Waals surface area contributed by atoms with Crippen LogP contribution in [0, 0.1) is 0 Å². The minimum atomic E-state index is -0.582. The molecular formula is C25H18Cl2N2O5S. The van der Waals surface area contributed by atoms with Crippen LogP contribution < -0.4 is 19.6 Å². The van der Waals surface area contributed by atoms with E-state index in [1.54, 1.807) is 42.5 Å². The first-order chi connectivity index (χ1) is 17.0. The van der Waals surface area contributed by atoms with Crippen molar-refractivity contribution in [3.05, 3.63) is 87.2 Å². The predicted octanol–water partition coefficient (Wildman–Crippen LogP) is 5.97. The number of fused-ring (bicyclic) bond motifs is 1. The lowest BCUT2D eigenvalue weighted by molar-refractivity contribution is -0.123. The van der Waals surface area contributed by atoms with Crippen LogP contribution in [-0.2, 0) is 4.79 Å². The minimum Gasteiger partial charge on any atom is -0.493 e. The lowest BCUT2D eigenvalue weighted by Crippen LogP contribution is -2.24. The second-order valence-corrected chi connectivity index (χ2v) is 8.89. The molecule has 1 amide bonds. The van der Waals surface area contributed by atoms with Crippen LogP contribution in [0.4, 0.5) is 0 Å². The number of hydrazone groups is 1. The zero-order valence-corrected chi connectivity index (χ0v) is 20.6. The highest BCUT2D eigenvalue weighted by Gasteiger charge is 2.20. The third-order valence-electron chi connectivity index (χ3n) is 4.71. The molecule has 0 spiro atoms. The van der Waals surface area contributed by atoms with Crippen LogP contribution in [0.1, 0.15) is 15.2 Å². The maximum absolute atomic E-state index is 12.7. The van der Waals surface area contributed by atoms with Crippen molar-refractivity contribution < 1.29 is 23.8 Å². The van der Waals surface area contributed by atoms with Crippen molar-refractivity contribution in [1.82, 2.24) is 5.43 Å². The Morgan fingerprint density at radius 1 is 1.00 bits per heavy atom. The number of rotatable bonds is 8. The van der Waals surface area contributed by atoms with Crippen molar-refractivity contribution in [1.29, 1.82) is 0 Å². The average Bonchev–Trinajstić information content (AvgIpc) is 3.21. The highest BCUT2D eigenvalue weighted by atomic mass is 35.5. The Bertz CT molecular complexity index is 1420. The number of para-hydroxylation sites is 1. The molecule has 4 aromatic rings. The molecule has 1 N–H and O–H groups in total. The summed E-state index contributed by atoms with van der Waals surface area (Å²) in [5, 5.41) is 5.47. The van der Waals surface area contributed by atoms with Crippen molar-refractivity contribution in [2.24, 2.45) is 5.10 Å². The molecule has 0 saturated heterocycles. The fraction of sp³-hybridized carbons (Fsp3) is 0.0800. The maximum Gasteiger partial charge on any atom is 0.355 e. The molecule has 0 aliphatic rings. The van der Waals surface area contributed by atoms with Gasteiger partial charge in [-0.1, -0.05) is 53.5 Å². The number of ether oxygens (including phenoxy) is 3. The van der Waals surface area contributed by atoms with Gasteiger partial charge in [0.15, 0.2) is 18.1 Å². The van der Waals surface area contributed by atoms with Gasteiger partial charge in [-0.3, -0.25) is 4.79 Å². The van der Waals surface area contributed by atoms with Crippen molar-refractivity contribution in [3.8, 4) is 17.2 Å². The summed E-state index contributed by atoms with van der Waals surface area (Å²) >= 11 is 13.6. The van der Waals surface area contributed by atoms with Crippen molar-refractivity contribution in [2.45, 2.75) is 0 Å². The van der Waals surface area contributed by atoms with Crippen LogP contribution >= 0.6 is 34.5 Å². The number of amides is 1. The zero-order chi connectivity index (χ0) is 24.8. The van der Waals surface area contributed by atoms with Crippen LogP contribution in [0.2, 0.25) is 10.0 Å². The Morgan fingerprint density at radius 2 is 1.77 bits per heavy atom. The molecule has 10 heteroatoms. The van der Waals surface area contributed by atoms with Gasteiger partial charge in [-0.25, -0.2) is 10.2 Å². The Labute approximate surface area is 214 Å². The third-order valence-corrected chi connectivity index (χ3v) is 6.68. The van der Waals surface area contributed by atoms with Gasteiger partial charge in [-0.2, -0.15) is 5.10 Å². The summed E-state index contributed by atoms with van der Waals surface area (Å²) < 4.78 is 17.1. The standard InChI is InChI=1S/C25H18Cl2N2O5S/c1-32-20-12-15(13-28-29-22(30)14-33-18-8-4-3-7-17(18)26)10-11-19(20)34-25(31)24-23(27)16-6-2-5-9-21(16)35-24/h2-13H,14H2,1H3,(H,29,30)/b28-13-. The SMILES string of the molecule is COc1cc(/C=N\NC(=O)COc2ccccc2Cl)ccc1OC(=O)c1sc2ccccc2c1Cl. The van der Waals surface area contributed by atoms with Gasteiger partial charge < -0.3 is 14.2 Å². The molecule has 1 heterocycles. The first kappa shape index (κ1) is 24.5. The van der Waals surface area contributed by atoms with Gasteiger partial charge in [-0.05, 0) is 42.0 Å². The van der Waals surface area contributed by atoms with E-state index >= 15 is 0 Å². The minimum absolute atomic E-state index is 0.223. The molecule has 0 aliphatic heterocycles. The number of nitrogens with zero attached hydrogens (tertiary/aromatic N) is 1. The average molecular weight is 529 g/mol. The summed E-state index contributed by atoms with van der Waals surface area (Å²) in [5.41, 5.74) is 2.97. The molecule has 0 unspecified atom stereocenters. The first-order valence-electron chi connectivity index (χ1n) is 10.2. The van der Waals surface area contributed by atoms with Gasteiger partial charge in [0, 0.05) is 10.1 Å². The molecule has 1 aromatic heterocycles. The normalized spacial score (nSPS) is 10.9. The lowest BCUT2D eigenvalue weighted by Gasteiger charge is -2.09. The highest BCUT2D eigenvalue weighted by Crippen LogP contribution is 2.37. The number of carbonyl (C=O) groups excluding carboxylic acids is 2. The van der Waals surface area contributed by atoms with Gasteiger partial charge in [0.1, 0.15) is 10.6 Å². The first-order valence-corrected chi connectivity index (χ1v) is 11.8.